The molecule has 4 aromatic rings. The molecule has 0 fully saturated rings. The number of carbonyl (C=O) groups excluding carboxylic acids is 1. The maximum absolute atomic E-state index is 13.4. The van der Waals surface area contributed by atoms with Gasteiger partial charge in [0.1, 0.15) is 17.0 Å². The first kappa shape index (κ1) is 23.1. The van der Waals surface area contributed by atoms with Crippen LogP contribution in [0.3, 0.4) is 0 Å². The molecule has 0 saturated carbocycles. The summed E-state index contributed by atoms with van der Waals surface area (Å²) in [5.41, 5.74) is 7.97. The number of nitrogens with zero attached hydrogens (tertiary/aromatic N) is 1. The highest BCUT2D eigenvalue weighted by Crippen LogP contribution is 2.36. The van der Waals surface area contributed by atoms with Crippen LogP contribution in [0.4, 0.5) is 4.39 Å². The number of carboxylic acid groups (broad SMARTS) is 1. The molecule has 3 N–H and O–H groups in total. The molecule has 0 aliphatic carbocycles. The van der Waals surface area contributed by atoms with Gasteiger partial charge >= 0.3 is 11.9 Å². The molecule has 0 aliphatic rings. The van der Waals surface area contributed by atoms with Crippen LogP contribution in [-0.2, 0) is 11.3 Å². The highest BCUT2D eigenvalue weighted by Gasteiger charge is 2.24. The lowest BCUT2D eigenvalue weighted by Gasteiger charge is -2.20. The van der Waals surface area contributed by atoms with E-state index in [4.69, 9.17) is 14.9 Å². The fraction of sp³-hybridized carbons (Fsp3) is 0.192. The van der Waals surface area contributed by atoms with Gasteiger partial charge in [-0.1, -0.05) is 6.07 Å². The van der Waals surface area contributed by atoms with Crippen LogP contribution in [0.25, 0.3) is 33.6 Å². The first-order valence-electron chi connectivity index (χ1n) is 10.6. The molecule has 34 heavy (non-hydrogen) atoms. The first-order chi connectivity index (χ1) is 16.1. The number of aromatic carboxylic acids is 1. The molecule has 2 aromatic carbocycles. The number of esters is 1. The quantitative estimate of drug-likeness (QED) is 0.381. The molecule has 2 heterocycles. The van der Waals surface area contributed by atoms with Crippen LogP contribution in [-0.4, -0.2) is 27.6 Å². The zero-order chi connectivity index (χ0) is 24.6. The first-order valence-corrected chi connectivity index (χ1v) is 10.6. The van der Waals surface area contributed by atoms with Gasteiger partial charge in [-0.3, -0.25) is 0 Å². The number of hydrogen-bond acceptors (Lipinski definition) is 6. The minimum absolute atomic E-state index is 0.0775. The monoisotopic (exact) mass is 462 g/mol. The van der Waals surface area contributed by atoms with E-state index >= 15 is 0 Å². The maximum Gasteiger partial charge on any atom is 0.340 e. The van der Waals surface area contributed by atoms with Crippen LogP contribution >= 0.6 is 0 Å². The number of aromatic nitrogens is 1. The average molecular weight is 462 g/mol. The van der Waals surface area contributed by atoms with Gasteiger partial charge < -0.3 is 20.0 Å². The van der Waals surface area contributed by atoms with Gasteiger partial charge in [0.15, 0.2) is 5.76 Å². The molecule has 0 aliphatic heterocycles. The van der Waals surface area contributed by atoms with E-state index < -0.39 is 23.4 Å². The fourth-order valence-corrected chi connectivity index (χ4v) is 3.63. The standard InChI is InChI=1S/C26H23FN2O5/c1-26(2,3)34-25(32)15-4-5-16(12-28)19(10-15)17-11-20-21(24(30)31)22(33-23(20)29-13-17)14-6-8-18(27)9-7-14/h4-11,13H,12,28H2,1-3H3,(H,30,31). The topological polar surface area (TPSA) is 116 Å². The molecule has 8 heteroatoms. The molecular formula is C26H23FN2O5. The molecule has 174 valence electrons. The summed E-state index contributed by atoms with van der Waals surface area (Å²) in [4.78, 5) is 29.0. The molecule has 2 aromatic heterocycles. The lowest BCUT2D eigenvalue weighted by molar-refractivity contribution is 0.00693. The van der Waals surface area contributed by atoms with Crippen LogP contribution in [0.15, 0.2) is 59.1 Å². The van der Waals surface area contributed by atoms with Crippen LogP contribution in [0, 0.1) is 5.82 Å². The predicted molar refractivity (Wildman–Crippen MR) is 125 cm³/mol. The molecule has 0 amide bonds. The summed E-state index contributed by atoms with van der Waals surface area (Å²) in [6.07, 6.45) is 1.53. The second kappa shape index (κ2) is 8.72. The number of furan rings is 1. The highest BCUT2D eigenvalue weighted by atomic mass is 19.1. The van der Waals surface area contributed by atoms with E-state index in [0.717, 1.165) is 5.56 Å². The van der Waals surface area contributed by atoms with E-state index in [1.807, 2.05) is 0 Å². The molecule has 7 nitrogen and oxygen atoms in total. The summed E-state index contributed by atoms with van der Waals surface area (Å²) >= 11 is 0. The van der Waals surface area contributed by atoms with Crippen molar-refractivity contribution in [3.05, 3.63) is 77.2 Å². The number of carbonyl (C=O) groups is 2. The predicted octanol–water partition coefficient (Wildman–Crippen LogP) is 5.41. The number of nitrogens with two attached hydrogens (primary N) is 1. The van der Waals surface area contributed by atoms with E-state index in [0.29, 0.717) is 22.3 Å². The van der Waals surface area contributed by atoms with Crippen LogP contribution in [0.2, 0.25) is 0 Å². The van der Waals surface area contributed by atoms with Crippen LogP contribution in [0.1, 0.15) is 47.1 Å². The lowest BCUT2D eigenvalue weighted by Crippen LogP contribution is -2.24. The van der Waals surface area contributed by atoms with Crippen molar-refractivity contribution in [3.63, 3.8) is 0 Å². The summed E-state index contributed by atoms with van der Waals surface area (Å²) in [6.45, 7) is 5.54. The van der Waals surface area contributed by atoms with Gasteiger partial charge in [0.2, 0.25) is 5.71 Å². The van der Waals surface area contributed by atoms with Gasteiger partial charge in [0.25, 0.3) is 0 Å². The lowest BCUT2D eigenvalue weighted by atomic mass is 9.97. The molecule has 0 saturated heterocycles. The summed E-state index contributed by atoms with van der Waals surface area (Å²) in [7, 11) is 0. The summed E-state index contributed by atoms with van der Waals surface area (Å²) < 4.78 is 24.6. The number of halogens is 1. The highest BCUT2D eigenvalue weighted by molar-refractivity contribution is 6.08. The number of pyridine rings is 1. The van der Waals surface area contributed by atoms with E-state index in [1.54, 1.807) is 45.0 Å². The number of rotatable bonds is 5. The normalized spacial score (nSPS) is 11.6. The van der Waals surface area contributed by atoms with Crippen molar-refractivity contribution in [2.75, 3.05) is 0 Å². The largest absolute Gasteiger partial charge is 0.478 e. The maximum atomic E-state index is 13.4. The molecule has 0 atom stereocenters. The average Bonchev–Trinajstić information content (AvgIpc) is 3.17. The van der Waals surface area contributed by atoms with Crippen molar-refractivity contribution in [1.29, 1.82) is 0 Å². The molecule has 0 bridgehead atoms. The number of benzene rings is 2. The van der Waals surface area contributed by atoms with E-state index in [9.17, 15) is 19.1 Å². The van der Waals surface area contributed by atoms with Gasteiger partial charge in [-0.15, -0.1) is 0 Å². The Kier molecular flexibility index (Phi) is 5.93. The SMILES string of the molecule is CC(C)(C)OC(=O)c1ccc(CN)c(-c2cnc3oc(-c4ccc(F)cc4)c(C(=O)O)c3c2)c1. The summed E-state index contributed by atoms with van der Waals surface area (Å²) in [6, 6.07) is 12.0. The third-order valence-electron chi connectivity index (χ3n) is 5.14. The Bertz CT molecular complexity index is 1400. The number of fused-ring (bicyclic) bond motifs is 1. The Morgan fingerprint density at radius 2 is 1.79 bits per heavy atom. The second-order valence-corrected chi connectivity index (χ2v) is 8.77. The zero-order valence-corrected chi connectivity index (χ0v) is 18.9. The zero-order valence-electron chi connectivity index (χ0n) is 18.9. The van der Waals surface area contributed by atoms with Crippen LogP contribution in [0.5, 0.6) is 0 Å². The van der Waals surface area contributed by atoms with Gasteiger partial charge in [0.05, 0.1) is 10.9 Å². The van der Waals surface area contributed by atoms with Crippen LogP contribution < -0.4 is 5.73 Å². The Balaban J connectivity index is 1.86. The molecule has 4 rings (SSSR count). The molecule has 0 spiro atoms. The Hall–Kier alpha value is -4.04. The van der Waals surface area contributed by atoms with Gasteiger partial charge in [0, 0.05) is 23.9 Å². The molecule has 0 unspecified atom stereocenters. The minimum Gasteiger partial charge on any atom is -0.478 e. The number of hydrogen-bond donors (Lipinski definition) is 2. The molecular weight excluding hydrogens is 439 g/mol. The van der Waals surface area contributed by atoms with Crippen molar-refractivity contribution in [3.8, 4) is 22.5 Å². The van der Waals surface area contributed by atoms with E-state index in [1.165, 1.54) is 30.5 Å². The fourth-order valence-electron chi connectivity index (χ4n) is 3.63. The smallest absolute Gasteiger partial charge is 0.340 e. The molecule has 0 radical (unpaired) electrons. The Morgan fingerprint density at radius 1 is 1.09 bits per heavy atom. The third-order valence-corrected chi connectivity index (χ3v) is 5.14. The Labute approximate surface area is 195 Å². The van der Waals surface area contributed by atoms with Gasteiger partial charge in [-0.2, -0.15) is 0 Å². The van der Waals surface area contributed by atoms with Crippen molar-refractivity contribution >= 4 is 23.0 Å². The number of ether oxygens (including phenoxy) is 1. The van der Waals surface area contributed by atoms with Gasteiger partial charge in [-0.05, 0) is 74.4 Å². The minimum atomic E-state index is -1.21. The Morgan fingerprint density at radius 3 is 2.41 bits per heavy atom. The van der Waals surface area contributed by atoms with E-state index in [-0.39, 0.29) is 29.0 Å². The van der Waals surface area contributed by atoms with E-state index in [2.05, 4.69) is 4.98 Å². The van der Waals surface area contributed by atoms with Crippen molar-refractivity contribution in [2.45, 2.75) is 32.9 Å². The third kappa shape index (κ3) is 4.53. The number of carboxylic acids is 1. The van der Waals surface area contributed by atoms with Crippen molar-refractivity contribution in [1.82, 2.24) is 4.98 Å². The second-order valence-electron chi connectivity index (χ2n) is 8.77. The van der Waals surface area contributed by atoms with Crippen molar-refractivity contribution in [2.24, 2.45) is 5.73 Å². The summed E-state index contributed by atoms with van der Waals surface area (Å²) in [5, 5.41) is 10.2. The van der Waals surface area contributed by atoms with Gasteiger partial charge in [-0.25, -0.2) is 19.0 Å². The summed E-state index contributed by atoms with van der Waals surface area (Å²) in [5.74, 6) is -2.07. The van der Waals surface area contributed by atoms with Crippen molar-refractivity contribution < 1.29 is 28.2 Å².